The van der Waals surface area contributed by atoms with Gasteiger partial charge in [-0.3, -0.25) is 0 Å². The fourth-order valence-electron chi connectivity index (χ4n) is 1.08. The molecule has 84 valence electrons. The van der Waals surface area contributed by atoms with Crippen LogP contribution in [0.5, 0.6) is 5.75 Å². The van der Waals surface area contributed by atoms with Crippen LogP contribution in [0.1, 0.15) is 20.3 Å². The molecule has 0 aliphatic heterocycles. The van der Waals surface area contributed by atoms with Crippen molar-refractivity contribution in [2.24, 2.45) is 11.1 Å². The Morgan fingerprint density at radius 3 is 2.40 bits per heavy atom. The number of rotatable bonds is 5. The summed E-state index contributed by atoms with van der Waals surface area (Å²) in [6.07, 6.45) is 0.890. The van der Waals surface area contributed by atoms with E-state index >= 15 is 0 Å². The predicted octanol–water partition coefficient (Wildman–Crippen LogP) is 2.58. The highest BCUT2D eigenvalue weighted by Gasteiger charge is 2.15. The summed E-state index contributed by atoms with van der Waals surface area (Å²) in [7, 11) is 0. The van der Waals surface area contributed by atoms with Crippen LogP contribution in [-0.4, -0.2) is 13.2 Å². The van der Waals surface area contributed by atoms with Gasteiger partial charge in [-0.15, -0.1) is 0 Å². The van der Waals surface area contributed by atoms with Gasteiger partial charge in [0.05, 0.1) is 6.61 Å². The Hall–Kier alpha value is -1.09. The van der Waals surface area contributed by atoms with Crippen molar-refractivity contribution in [2.75, 3.05) is 13.2 Å². The van der Waals surface area contributed by atoms with Gasteiger partial charge in [0.1, 0.15) is 11.6 Å². The van der Waals surface area contributed by atoms with E-state index in [1.165, 1.54) is 12.1 Å². The van der Waals surface area contributed by atoms with Crippen LogP contribution in [0.4, 0.5) is 4.39 Å². The first kappa shape index (κ1) is 12.0. The van der Waals surface area contributed by atoms with Crippen LogP contribution in [0.2, 0.25) is 0 Å². The van der Waals surface area contributed by atoms with E-state index in [-0.39, 0.29) is 11.2 Å². The maximum atomic E-state index is 12.6. The van der Waals surface area contributed by atoms with Crippen molar-refractivity contribution in [2.45, 2.75) is 20.3 Å². The fraction of sp³-hybridized carbons (Fsp3) is 0.500. The van der Waals surface area contributed by atoms with Gasteiger partial charge in [0.25, 0.3) is 0 Å². The lowest BCUT2D eigenvalue weighted by atomic mass is 9.90. The van der Waals surface area contributed by atoms with E-state index in [1.54, 1.807) is 12.1 Å². The summed E-state index contributed by atoms with van der Waals surface area (Å²) in [6.45, 7) is 5.44. The summed E-state index contributed by atoms with van der Waals surface area (Å²) in [4.78, 5) is 0. The summed E-state index contributed by atoms with van der Waals surface area (Å²) in [5.41, 5.74) is 5.70. The molecule has 0 aliphatic carbocycles. The fourth-order valence-corrected chi connectivity index (χ4v) is 1.08. The molecule has 0 radical (unpaired) electrons. The maximum absolute atomic E-state index is 12.6. The molecule has 0 saturated heterocycles. The molecule has 0 aliphatic rings. The van der Waals surface area contributed by atoms with E-state index < -0.39 is 0 Å². The molecule has 0 saturated carbocycles. The van der Waals surface area contributed by atoms with Crippen molar-refractivity contribution in [1.29, 1.82) is 0 Å². The summed E-state index contributed by atoms with van der Waals surface area (Å²) in [5, 5.41) is 0. The molecule has 0 amide bonds. The molecule has 3 heteroatoms. The zero-order valence-corrected chi connectivity index (χ0v) is 9.29. The molecular formula is C12H18FNO. The molecule has 0 aromatic heterocycles. The second kappa shape index (κ2) is 5.12. The number of hydrogen-bond acceptors (Lipinski definition) is 2. The Morgan fingerprint density at radius 1 is 1.27 bits per heavy atom. The van der Waals surface area contributed by atoms with Gasteiger partial charge in [0.15, 0.2) is 0 Å². The summed E-state index contributed by atoms with van der Waals surface area (Å²) in [5.74, 6) is 0.453. The van der Waals surface area contributed by atoms with E-state index in [9.17, 15) is 4.39 Å². The van der Waals surface area contributed by atoms with Crippen LogP contribution < -0.4 is 10.5 Å². The van der Waals surface area contributed by atoms with Gasteiger partial charge in [0, 0.05) is 0 Å². The van der Waals surface area contributed by atoms with Crippen molar-refractivity contribution < 1.29 is 9.13 Å². The van der Waals surface area contributed by atoms with Crippen molar-refractivity contribution in [1.82, 2.24) is 0 Å². The molecule has 0 bridgehead atoms. The van der Waals surface area contributed by atoms with E-state index in [4.69, 9.17) is 10.5 Å². The van der Waals surface area contributed by atoms with Gasteiger partial charge in [-0.25, -0.2) is 4.39 Å². The summed E-state index contributed by atoms with van der Waals surface area (Å²) < 4.78 is 18.1. The van der Waals surface area contributed by atoms with Crippen LogP contribution in [0.3, 0.4) is 0 Å². The molecular weight excluding hydrogens is 193 g/mol. The van der Waals surface area contributed by atoms with E-state index in [0.29, 0.717) is 18.9 Å². The Morgan fingerprint density at radius 2 is 1.87 bits per heavy atom. The normalized spacial score (nSPS) is 11.5. The van der Waals surface area contributed by atoms with Gasteiger partial charge in [0.2, 0.25) is 0 Å². The van der Waals surface area contributed by atoms with Crippen LogP contribution in [0.15, 0.2) is 24.3 Å². The quantitative estimate of drug-likeness (QED) is 0.812. The van der Waals surface area contributed by atoms with Gasteiger partial charge >= 0.3 is 0 Å². The van der Waals surface area contributed by atoms with Crippen molar-refractivity contribution in [3.05, 3.63) is 30.1 Å². The van der Waals surface area contributed by atoms with E-state index in [1.807, 2.05) is 0 Å². The van der Waals surface area contributed by atoms with Gasteiger partial charge < -0.3 is 10.5 Å². The number of ether oxygens (including phenoxy) is 1. The third-order valence-corrected chi connectivity index (χ3v) is 2.41. The third kappa shape index (κ3) is 4.30. The van der Waals surface area contributed by atoms with Crippen LogP contribution in [0.25, 0.3) is 0 Å². The molecule has 0 heterocycles. The topological polar surface area (TPSA) is 35.2 Å². The second-order valence-corrected chi connectivity index (χ2v) is 4.42. The first-order chi connectivity index (χ1) is 7.03. The lowest BCUT2D eigenvalue weighted by molar-refractivity contribution is 0.233. The zero-order chi connectivity index (χ0) is 11.3. The largest absolute Gasteiger partial charge is 0.494 e. The molecule has 0 fully saturated rings. The third-order valence-electron chi connectivity index (χ3n) is 2.41. The number of benzene rings is 1. The lowest BCUT2D eigenvalue weighted by Gasteiger charge is -2.21. The number of nitrogens with two attached hydrogens (primary N) is 1. The lowest BCUT2D eigenvalue weighted by Crippen LogP contribution is -2.25. The van der Waals surface area contributed by atoms with Gasteiger partial charge in [-0.05, 0) is 42.6 Å². The Bertz CT molecular complexity index is 295. The predicted molar refractivity (Wildman–Crippen MR) is 59.3 cm³/mol. The molecule has 0 atom stereocenters. The molecule has 1 rings (SSSR count). The monoisotopic (exact) mass is 211 g/mol. The number of hydrogen-bond donors (Lipinski definition) is 1. The zero-order valence-electron chi connectivity index (χ0n) is 9.29. The highest BCUT2D eigenvalue weighted by Crippen LogP contribution is 2.19. The van der Waals surface area contributed by atoms with Gasteiger partial charge in [-0.1, -0.05) is 13.8 Å². The SMILES string of the molecule is CC(C)(CN)CCOc1ccc(F)cc1. The number of halogens is 1. The average molecular weight is 211 g/mol. The van der Waals surface area contributed by atoms with Crippen LogP contribution >= 0.6 is 0 Å². The summed E-state index contributed by atoms with van der Waals surface area (Å²) in [6, 6.07) is 6.04. The highest BCUT2D eigenvalue weighted by atomic mass is 19.1. The molecule has 0 spiro atoms. The van der Waals surface area contributed by atoms with Crippen LogP contribution in [-0.2, 0) is 0 Å². The van der Waals surface area contributed by atoms with Crippen molar-refractivity contribution in [3.63, 3.8) is 0 Å². The van der Waals surface area contributed by atoms with E-state index in [2.05, 4.69) is 13.8 Å². The minimum absolute atomic E-state index is 0.0973. The van der Waals surface area contributed by atoms with Gasteiger partial charge in [-0.2, -0.15) is 0 Å². The smallest absolute Gasteiger partial charge is 0.123 e. The molecule has 1 aromatic carbocycles. The molecule has 2 N–H and O–H groups in total. The first-order valence-electron chi connectivity index (χ1n) is 5.12. The highest BCUT2D eigenvalue weighted by molar-refractivity contribution is 5.21. The molecule has 1 aromatic rings. The average Bonchev–Trinajstić information content (AvgIpc) is 2.21. The molecule has 15 heavy (non-hydrogen) atoms. The van der Waals surface area contributed by atoms with Crippen molar-refractivity contribution >= 4 is 0 Å². The van der Waals surface area contributed by atoms with Crippen molar-refractivity contribution in [3.8, 4) is 5.75 Å². The first-order valence-corrected chi connectivity index (χ1v) is 5.12. The van der Waals surface area contributed by atoms with E-state index in [0.717, 1.165) is 6.42 Å². The standard InChI is InChI=1S/C12H18FNO/c1-12(2,9-14)7-8-15-11-5-3-10(13)4-6-11/h3-6H,7-9,14H2,1-2H3. The summed E-state index contributed by atoms with van der Waals surface area (Å²) >= 11 is 0. The molecule has 2 nitrogen and oxygen atoms in total. The Kier molecular flexibility index (Phi) is 4.09. The Labute approximate surface area is 90.2 Å². The minimum atomic E-state index is -0.246. The Balaban J connectivity index is 2.35. The molecule has 0 unspecified atom stereocenters. The maximum Gasteiger partial charge on any atom is 0.123 e. The second-order valence-electron chi connectivity index (χ2n) is 4.42. The van der Waals surface area contributed by atoms with Crippen LogP contribution in [0, 0.1) is 11.2 Å². The minimum Gasteiger partial charge on any atom is -0.494 e.